The smallest absolute Gasteiger partial charge is 0.240 e. The van der Waals surface area contributed by atoms with Crippen LogP contribution in [0.3, 0.4) is 0 Å². The molecule has 0 unspecified atom stereocenters. The Bertz CT molecular complexity index is 1210. The number of fused-ring (bicyclic) bond motifs is 1. The number of nitrogens with zero attached hydrogens (tertiary/aromatic N) is 4. The van der Waals surface area contributed by atoms with E-state index < -0.39 is 15.8 Å². The molecule has 3 aromatic heterocycles. The summed E-state index contributed by atoms with van der Waals surface area (Å²) in [5.74, 6) is 0.189. The summed E-state index contributed by atoms with van der Waals surface area (Å²) < 4.78 is 42.2. The van der Waals surface area contributed by atoms with Crippen LogP contribution in [0.1, 0.15) is 0 Å². The molecular formula is C19H16FN5O2S. The van der Waals surface area contributed by atoms with Crippen LogP contribution in [-0.2, 0) is 16.6 Å². The van der Waals surface area contributed by atoms with Crippen molar-refractivity contribution in [3.05, 3.63) is 72.9 Å². The van der Waals surface area contributed by atoms with Crippen LogP contribution < -0.4 is 4.72 Å². The number of nitrogens with one attached hydrogen (secondary N) is 1. The third-order valence-corrected chi connectivity index (χ3v) is 5.67. The average Bonchev–Trinajstić information content (AvgIpc) is 3.08. The molecule has 0 aliphatic rings. The zero-order valence-electron chi connectivity index (χ0n) is 14.7. The van der Waals surface area contributed by atoms with Gasteiger partial charge in [-0.25, -0.2) is 27.5 Å². The van der Waals surface area contributed by atoms with Crippen molar-refractivity contribution < 1.29 is 12.8 Å². The molecule has 0 bridgehead atoms. The van der Waals surface area contributed by atoms with Gasteiger partial charge in [0.05, 0.1) is 4.90 Å². The lowest BCUT2D eigenvalue weighted by Crippen LogP contribution is -2.27. The summed E-state index contributed by atoms with van der Waals surface area (Å²) in [5, 5.41) is 0. The Morgan fingerprint density at radius 2 is 1.75 bits per heavy atom. The van der Waals surface area contributed by atoms with E-state index in [0.717, 1.165) is 23.2 Å². The molecule has 7 nitrogen and oxygen atoms in total. The van der Waals surface area contributed by atoms with E-state index in [4.69, 9.17) is 0 Å². The zero-order chi connectivity index (χ0) is 19.6. The molecule has 3 heterocycles. The summed E-state index contributed by atoms with van der Waals surface area (Å²) >= 11 is 0. The normalized spacial score (nSPS) is 11.8. The Morgan fingerprint density at radius 3 is 2.50 bits per heavy atom. The maximum absolute atomic E-state index is 13.0. The van der Waals surface area contributed by atoms with Gasteiger partial charge in [0.2, 0.25) is 10.0 Å². The van der Waals surface area contributed by atoms with Gasteiger partial charge in [-0.1, -0.05) is 0 Å². The topological polar surface area (TPSA) is 89.8 Å². The molecule has 0 amide bonds. The molecule has 1 aromatic carbocycles. The summed E-state index contributed by atoms with van der Waals surface area (Å²) in [4.78, 5) is 13.0. The number of imidazole rings is 1. The van der Waals surface area contributed by atoms with Crippen LogP contribution in [0.25, 0.3) is 22.6 Å². The number of rotatable bonds is 6. The van der Waals surface area contributed by atoms with Gasteiger partial charge in [0.25, 0.3) is 0 Å². The summed E-state index contributed by atoms with van der Waals surface area (Å²) in [7, 11) is -3.74. The van der Waals surface area contributed by atoms with Gasteiger partial charge >= 0.3 is 0 Å². The second-order valence-corrected chi connectivity index (χ2v) is 7.79. The standard InChI is InChI=1S/C19H16FN5O2S/c20-15-3-5-16(6-4-15)28(26,27)23-12-13-25-18(14-7-10-21-11-8-14)24-17-2-1-9-22-19(17)25/h1-11,23H,12-13H2. The van der Waals surface area contributed by atoms with Crippen molar-refractivity contribution in [1.82, 2.24) is 24.2 Å². The van der Waals surface area contributed by atoms with E-state index in [9.17, 15) is 12.8 Å². The van der Waals surface area contributed by atoms with Gasteiger partial charge in [-0.15, -0.1) is 0 Å². The molecule has 0 atom stereocenters. The number of pyridine rings is 2. The van der Waals surface area contributed by atoms with Gasteiger partial charge in [0, 0.05) is 37.2 Å². The fraction of sp³-hybridized carbons (Fsp3) is 0.105. The minimum Gasteiger partial charge on any atom is -0.307 e. The Labute approximate surface area is 161 Å². The van der Waals surface area contributed by atoms with E-state index in [1.807, 2.05) is 22.8 Å². The number of aromatic nitrogens is 4. The molecule has 4 aromatic rings. The number of benzene rings is 1. The molecule has 0 radical (unpaired) electrons. The molecule has 0 fully saturated rings. The van der Waals surface area contributed by atoms with E-state index in [-0.39, 0.29) is 11.4 Å². The maximum Gasteiger partial charge on any atom is 0.240 e. The van der Waals surface area contributed by atoms with Crippen LogP contribution >= 0.6 is 0 Å². The van der Waals surface area contributed by atoms with Crippen LogP contribution in [0, 0.1) is 5.82 Å². The lowest BCUT2D eigenvalue weighted by Gasteiger charge is -2.10. The third-order valence-electron chi connectivity index (χ3n) is 4.19. The SMILES string of the molecule is O=S(=O)(NCCn1c(-c2ccncc2)nc2cccnc21)c1ccc(F)cc1. The average molecular weight is 397 g/mol. The van der Waals surface area contributed by atoms with Gasteiger partial charge in [-0.3, -0.25) is 4.98 Å². The fourth-order valence-corrected chi connectivity index (χ4v) is 3.90. The Morgan fingerprint density at radius 1 is 1.00 bits per heavy atom. The first-order valence-electron chi connectivity index (χ1n) is 8.51. The van der Waals surface area contributed by atoms with Crippen LogP contribution in [0.2, 0.25) is 0 Å². The molecule has 0 aliphatic heterocycles. The molecule has 4 rings (SSSR count). The van der Waals surface area contributed by atoms with Crippen molar-refractivity contribution in [2.45, 2.75) is 11.4 Å². The predicted octanol–water partition coefficient (Wildman–Crippen LogP) is 2.61. The van der Waals surface area contributed by atoms with Crippen molar-refractivity contribution in [3.8, 4) is 11.4 Å². The van der Waals surface area contributed by atoms with Gasteiger partial charge in [0.1, 0.15) is 17.2 Å². The highest BCUT2D eigenvalue weighted by atomic mass is 32.2. The fourth-order valence-electron chi connectivity index (χ4n) is 2.88. The number of hydrogen-bond acceptors (Lipinski definition) is 5. The molecule has 0 saturated carbocycles. The van der Waals surface area contributed by atoms with Crippen molar-refractivity contribution >= 4 is 21.2 Å². The molecule has 1 N–H and O–H groups in total. The largest absolute Gasteiger partial charge is 0.307 e. The van der Waals surface area contributed by atoms with Crippen molar-refractivity contribution in [3.63, 3.8) is 0 Å². The lowest BCUT2D eigenvalue weighted by atomic mass is 10.2. The highest BCUT2D eigenvalue weighted by Crippen LogP contribution is 2.22. The van der Waals surface area contributed by atoms with Crippen molar-refractivity contribution in [2.24, 2.45) is 0 Å². The molecule has 142 valence electrons. The molecule has 28 heavy (non-hydrogen) atoms. The molecule has 0 aliphatic carbocycles. The van der Waals surface area contributed by atoms with Crippen molar-refractivity contribution in [1.29, 1.82) is 0 Å². The zero-order valence-corrected chi connectivity index (χ0v) is 15.5. The van der Waals surface area contributed by atoms with E-state index in [0.29, 0.717) is 18.0 Å². The van der Waals surface area contributed by atoms with Crippen LogP contribution in [0.15, 0.2) is 72.0 Å². The van der Waals surface area contributed by atoms with Crippen LogP contribution in [-0.4, -0.2) is 34.5 Å². The second-order valence-electron chi connectivity index (χ2n) is 6.02. The maximum atomic E-state index is 13.0. The Kier molecular flexibility index (Phi) is 4.84. The molecule has 0 spiro atoms. The number of sulfonamides is 1. The number of halogens is 1. The Balaban J connectivity index is 1.60. The highest BCUT2D eigenvalue weighted by Gasteiger charge is 2.16. The second kappa shape index (κ2) is 7.45. The summed E-state index contributed by atoms with van der Waals surface area (Å²) in [6, 6.07) is 12.0. The van der Waals surface area contributed by atoms with Gasteiger partial charge in [0.15, 0.2) is 5.65 Å². The predicted molar refractivity (Wildman–Crippen MR) is 102 cm³/mol. The summed E-state index contributed by atoms with van der Waals surface area (Å²) in [6.45, 7) is 0.450. The third kappa shape index (κ3) is 3.62. The Hall–Kier alpha value is -3.17. The molecular weight excluding hydrogens is 381 g/mol. The lowest BCUT2D eigenvalue weighted by molar-refractivity contribution is 0.573. The van der Waals surface area contributed by atoms with Gasteiger partial charge < -0.3 is 4.57 Å². The van der Waals surface area contributed by atoms with Crippen molar-refractivity contribution in [2.75, 3.05) is 6.54 Å². The monoisotopic (exact) mass is 397 g/mol. The van der Waals surface area contributed by atoms with E-state index in [1.165, 1.54) is 12.1 Å². The van der Waals surface area contributed by atoms with Crippen LogP contribution in [0.4, 0.5) is 4.39 Å². The summed E-state index contributed by atoms with van der Waals surface area (Å²) in [5.41, 5.74) is 2.24. The minimum atomic E-state index is -3.74. The summed E-state index contributed by atoms with van der Waals surface area (Å²) in [6.07, 6.45) is 5.01. The van der Waals surface area contributed by atoms with Gasteiger partial charge in [-0.05, 0) is 48.5 Å². The first kappa shape index (κ1) is 18.2. The number of hydrogen-bond donors (Lipinski definition) is 1. The van der Waals surface area contributed by atoms with E-state index >= 15 is 0 Å². The van der Waals surface area contributed by atoms with Gasteiger partial charge in [-0.2, -0.15) is 0 Å². The quantitative estimate of drug-likeness (QED) is 0.540. The highest BCUT2D eigenvalue weighted by molar-refractivity contribution is 7.89. The molecule has 0 saturated heterocycles. The van der Waals surface area contributed by atoms with E-state index in [2.05, 4.69) is 19.7 Å². The van der Waals surface area contributed by atoms with Crippen LogP contribution in [0.5, 0.6) is 0 Å². The first-order valence-corrected chi connectivity index (χ1v) is 10.00. The molecule has 9 heteroatoms. The minimum absolute atomic E-state index is 0.0110. The first-order chi connectivity index (χ1) is 13.5. The van der Waals surface area contributed by atoms with E-state index in [1.54, 1.807) is 24.7 Å².